The van der Waals surface area contributed by atoms with E-state index < -0.39 is 5.97 Å². The number of nitrogens with one attached hydrogen (secondary N) is 2. The molecule has 204 valence electrons. The highest BCUT2D eigenvalue weighted by Gasteiger charge is 2.29. The second-order valence-corrected chi connectivity index (χ2v) is 9.13. The zero-order valence-corrected chi connectivity index (χ0v) is 22.7. The Morgan fingerprint density at radius 3 is 2.23 bits per heavy atom. The van der Waals surface area contributed by atoms with Crippen molar-refractivity contribution in [2.45, 2.75) is 13.5 Å². The molecule has 0 atom stereocenters. The van der Waals surface area contributed by atoms with Crippen molar-refractivity contribution in [3.63, 3.8) is 0 Å². The van der Waals surface area contributed by atoms with Gasteiger partial charge >= 0.3 is 5.97 Å². The fraction of sp³-hybridized carbons (Fsp3) is 0.290. The van der Waals surface area contributed by atoms with Crippen LogP contribution in [0.3, 0.4) is 0 Å². The summed E-state index contributed by atoms with van der Waals surface area (Å²) in [6.45, 7) is 5.76. The first-order valence-corrected chi connectivity index (χ1v) is 13.0. The number of fused-ring (bicyclic) bond motifs is 1. The fourth-order valence-corrected chi connectivity index (χ4v) is 4.45. The zero-order valence-electron chi connectivity index (χ0n) is 22.7. The van der Waals surface area contributed by atoms with Crippen molar-refractivity contribution >= 4 is 34.5 Å². The number of nitrogens with zero attached hydrogens (tertiary/aromatic N) is 1. The average molecular weight is 530 g/mol. The maximum absolute atomic E-state index is 13.2. The first-order valence-electron chi connectivity index (χ1n) is 13.0. The molecule has 0 saturated carbocycles. The van der Waals surface area contributed by atoms with Gasteiger partial charge in [0, 0.05) is 45.1 Å². The number of hydrogen-bond donors (Lipinski definition) is 2. The van der Waals surface area contributed by atoms with Gasteiger partial charge in [0.1, 0.15) is 0 Å². The third-order valence-electron chi connectivity index (χ3n) is 6.44. The number of methoxy groups -OCH3 is 2. The Bertz CT molecular complexity index is 1300. The van der Waals surface area contributed by atoms with Crippen molar-refractivity contribution in [1.29, 1.82) is 0 Å². The summed E-state index contributed by atoms with van der Waals surface area (Å²) in [7, 11) is 3.41. The first-order chi connectivity index (χ1) is 19.0. The van der Waals surface area contributed by atoms with Crippen LogP contribution in [0.1, 0.15) is 34.0 Å². The predicted octanol–water partition coefficient (Wildman–Crippen LogP) is 4.89. The monoisotopic (exact) mass is 529 g/mol. The first kappa shape index (κ1) is 28.0. The van der Waals surface area contributed by atoms with Crippen LogP contribution in [-0.2, 0) is 25.5 Å². The maximum atomic E-state index is 13.2. The van der Waals surface area contributed by atoms with E-state index in [-0.39, 0.29) is 12.5 Å². The summed E-state index contributed by atoms with van der Waals surface area (Å²) in [4.78, 5) is 27.8. The van der Waals surface area contributed by atoms with E-state index in [2.05, 4.69) is 27.7 Å². The number of hydrogen-bond acceptors (Lipinski definition) is 7. The Morgan fingerprint density at radius 1 is 0.897 bits per heavy atom. The molecule has 0 bridgehead atoms. The van der Waals surface area contributed by atoms with Gasteiger partial charge in [0.2, 0.25) is 0 Å². The maximum Gasteiger partial charge on any atom is 0.338 e. The molecule has 0 unspecified atom stereocenters. The molecular formula is C31H35N3O5. The number of esters is 1. The Morgan fingerprint density at radius 2 is 1.59 bits per heavy atom. The third-order valence-corrected chi connectivity index (χ3v) is 6.44. The highest BCUT2D eigenvalue weighted by atomic mass is 16.5. The minimum Gasteiger partial charge on any atom is -0.462 e. The van der Waals surface area contributed by atoms with Gasteiger partial charge < -0.3 is 24.8 Å². The van der Waals surface area contributed by atoms with Crippen molar-refractivity contribution in [3.05, 3.63) is 95.1 Å². The zero-order chi connectivity index (χ0) is 27.6. The molecule has 1 aliphatic heterocycles. The van der Waals surface area contributed by atoms with Gasteiger partial charge in [-0.2, -0.15) is 0 Å². The molecule has 0 aromatic heterocycles. The van der Waals surface area contributed by atoms with E-state index in [9.17, 15) is 9.59 Å². The van der Waals surface area contributed by atoms with E-state index in [0.717, 1.165) is 42.0 Å². The van der Waals surface area contributed by atoms with Crippen LogP contribution in [0.2, 0.25) is 0 Å². The van der Waals surface area contributed by atoms with Gasteiger partial charge in [0.05, 0.1) is 42.3 Å². The highest BCUT2D eigenvalue weighted by Crippen LogP contribution is 2.38. The van der Waals surface area contributed by atoms with Crippen LogP contribution in [-0.4, -0.2) is 63.9 Å². The largest absolute Gasteiger partial charge is 0.462 e. The van der Waals surface area contributed by atoms with E-state index in [1.807, 2.05) is 42.5 Å². The molecule has 0 spiro atoms. The topological polar surface area (TPSA) is 89.1 Å². The molecule has 0 aliphatic carbocycles. The van der Waals surface area contributed by atoms with Crippen LogP contribution in [0, 0.1) is 0 Å². The summed E-state index contributed by atoms with van der Waals surface area (Å²) in [6.07, 6.45) is 0. The van der Waals surface area contributed by atoms with Crippen LogP contribution in [0.4, 0.5) is 11.4 Å². The molecular weight excluding hydrogens is 494 g/mol. The van der Waals surface area contributed by atoms with Crippen LogP contribution in [0.25, 0.3) is 11.3 Å². The Labute approximate surface area is 229 Å². The average Bonchev–Trinajstić information content (AvgIpc) is 3.29. The lowest BCUT2D eigenvalue weighted by molar-refractivity contribution is -0.110. The lowest BCUT2D eigenvalue weighted by atomic mass is 9.99. The van der Waals surface area contributed by atoms with Crippen molar-refractivity contribution in [3.8, 4) is 0 Å². The lowest BCUT2D eigenvalue weighted by Gasteiger charge is -2.22. The lowest BCUT2D eigenvalue weighted by Crippen LogP contribution is -2.30. The molecule has 4 rings (SSSR count). The van der Waals surface area contributed by atoms with Crippen LogP contribution in [0.15, 0.2) is 72.8 Å². The van der Waals surface area contributed by atoms with Gasteiger partial charge in [-0.25, -0.2) is 4.79 Å². The molecule has 1 aliphatic rings. The number of anilines is 2. The third kappa shape index (κ3) is 7.11. The number of ether oxygens (including phenoxy) is 3. The van der Waals surface area contributed by atoms with Crippen molar-refractivity contribution in [2.75, 3.05) is 57.8 Å². The SMILES string of the molecule is CCOC(=O)c1ccc2c(c1)NC(=O)/C2=C(/Nc1ccc(CN(CCOC)CCOC)cc1)c1ccccc1. The van der Waals surface area contributed by atoms with Gasteiger partial charge in [-0.1, -0.05) is 48.5 Å². The van der Waals surface area contributed by atoms with Gasteiger partial charge in [-0.15, -0.1) is 0 Å². The number of amides is 1. The molecule has 2 N–H and O–H groups in total. The summed E-state index contributed by atoms with van der Waals surface area (Å²) < 4.78 is 15.6. The number of benzene rings is 3. The number of rotatable bonds is 13. The van der Waals surface area contributed by atoms with E-state index in [1.165, 1.54) is 0 Å². The highest BCUT2D eigenvalue weighted by molar-refractivity contribution is 6.37. The number of carbonyl (C=O) groups excluding carboxylic acids is 2. The van der Waals surface area contributed by atoms with Crippen molar-refractivity contribution in [2.24, 2.45) is 0 Å². The molecule has 3 aromatic rings. The molecule has 0 fully saturated rings. The van der Waals surface area contributed by atoms with E-state index >= 15 is 0 Å². The van der Waals surface area contributed by atoms with Crippen molar-refractivity contribution < 1.29 is 23.8 Å². The molecule has 1 amide bonds. The number of carbonyl (C=O) groups is 2. The normalized spacial score (nSPS) is 13.7. The minimum atomic E-state index is -0.420. The van der Waals surface area contributed by atoms with Crippen LogP contribution >= 0.6 is 0 Å². The quantitative estimate of drug-likeness (QED) is 0.241. The Hall–Kier alpha value is -3.98. The Kier molecular flexibility index (Phi) is 9.85. The molecule has 8 heteroatoms. The summed E-state index contributed by atoms with van der Waals surface area (Å²) in [5.41, 5.74) is 5.80. The molecule has 0 radical (unpaired) electrons. The smallest absolute Gasteiger partial charge is 0.338 e. The van der Waals surface area contributed by atoms with Crippen molar-refractivity contribution in [1.82, 2.24) is 4.90 Å². The molecule has 8 nitrogen and oxygen atoms in total. The standard InChI is InChI=1S/C31H35N3O5/c1-4-39-31(36)24-12-15-26-27(20-24)33-30(35)28(26)29(23-8-6-5-7-9-23)32-25-13-10-22(11-14-25)21-34(16-18-37-2)17-19-38-3/h5-15,20,32H,4,16-19,21H2,1-3H3,(H,33,35)/b29-28+. The van der Waals surface area contributed by atoms with E-state index in [1.54, 1.807) is 39.3 Å². The van der Waals surface area contributed by atoms with Gasteiger partial charge in [0.25, 0.3) is 5.91 Å². The van der Waals surface area contributed by atoms with E-state index in [4.69, 9.17) is 14.2 Å². The van der Waals surface area contributed by atoms with Gasteiger partial charge in [-0.3, -0.25) is 9.69 Å². The summed E-state index contributed by atoms with van der Waals surface area (Å²) >= 11 is 0. The van der Waals surface area contributed by atoms with Gasteiger partial charge in [0.15, 0.2) is 0 Å². The van der Waals surface area contributed by atoms with Crippen LogP contribution < -0.4 is 10.6 Å². The van der Waals surface area contributed by atoms with Crippen LogP contribution in [0.5, 0.6) is 0 Å². The Balaban J connectivity index is 1.63. The second kappa shape index (κ2) is 13.7. The van der Waals surface area contributed by atoms with E-state index in [0.29, 0.717) is 35.7 Å². The molecule has 1 heterocycles. The molecule has 39 heavy (non-hydrogen) atoms. The molecule has 3 aromatic carbocycles. The molecule has 0 saturated heterocycles. The van der Waals surface area contributed by atoms with Gasteiger partial charge in [-0.05, 0) is 42.3 Å². The predicted molar refractivity (Wildman–Crippen MR) is 153 cm³/mol. The minimum absolute atomic E-state index is 0.235. The fourth-order valence-electron chi connectivity index (χ4n) is 4.45. The summed E-state index contributed by atoms with van der Waals surface area (Å²) in [5, 5.41) is 6.40. The summed E-state index contributed by atoms with van der Waals surface area (Å²) in [6, 6.07) is 23.1. The summed E-state index contributed by atoms with van der Waals surface area (Å²) in [5.74, 6) is -0.655. The second-order valence-electron chi connectivity index (χ2n) is 9.13.